The maximum absolute atomic E-state index is 13.5. The number of piperidine rings is 1. The molecule has 0 spiro atoms. The zero-order valence-electron chi connectivity index (χ0n) is 15.1. The smallest absolute Gasteiger partial charge is 0.407 e. The highest BCUT2D eigenvalue weighted by atomic mass is 35.5. The van der Waals surface area contributed by atoms with E-state index < -0.39 is 11.9 Å². The highest BCUT2D eigenvalue weighted by molar-refractivity contribution is 6.30. The average Bonchev–Trinajstić information content (AvgIpc) is 2.70. The van der Waals surface area contributed by atoms with Crippen LogP contribution in [-0.4, -0.2) is 31.1 Å². The molecule has 1 saturated heterocycles. The fourth-order valence-electron chi connectivity index (χ4n) is 3.00. The number of hydrogen-bond donors (Lipinski definition) is 3. The predicted molar refractivity (Wildman–Crippen MR) is 105 cm³/mol. The molecule has 1 aliphatic rings. The van der Waals surface area contributed by atoms with Crippen LogP contribution in [0.1, 0.15) is 12.0 Å². The normalized spacial score (nSPS) is 18.9. The second kappa shape index (κ2) is 9.52. The second-order valence-corrected chi connectivity index (χ2v) is 7.02. The molecule has 2 amide bonds. The van der Waals surface area contributed by atoms with Crippen LogP contribution >= 0.6 is 11.6 Å². The summed E-state index contributed by atoms with van der Waals surface area (Å²) in [5, 5.41) is 8.57. The summed E-state index contributed by atoms with van der Waals surface area (Å²) in [5.41, 5.74) is 1.23. The zero-order chi connectivity index (χ0) is 19.9. The molecule has 0 aromatic heterocycles. The van der Waals surface area contributed by atoms with Crippen LogP contribution in [0.25, 0.3) is 0 Å². The van der Waals surface area contributed by atoms with Crippen LogP contribution < -0.4 is 16.0 Å². The lowest BCUT2D eigenvalue weighted by molar-refractivity contribution is -0.120. The molecule has 3 N–H and O–H groups in total. The van der Waals surface area contributed by atoms with Gasteiger partial charge in [-0.15, -0.1) is 0 Å². The third kappa shape index (κ3) is 5.68. The van der Waals surface area contributed by atoms with Crippen LogP contribution in [-0.2, 0) is 16.1 Å². The first-order valence-electron chi connectivity index (χ1n) is 8.95. The molecular formula is C20H21ClFN3O3. The van der Waals surface area contributed by atoms with Crippen molar-refractivity contribution in [2.45, 2.75) is 19.1 Å². The van der Waals surface area contributed by atoms with Crippen LogP contribution in [0.2, 0.25) is 5.02 Å². The maximum atomic E-state index is 13.5. The van der Waals surface area contributed by atoms with E-state index in [0.29, 0.717) is 25.2 Å². The van der Waals surface area contributed by atoms with Crippen molar-refractivity contribution in [2.75, 3.05) is 18.4 Å². The summed E-state index contributed by atoms with van der Waals surface area (Å²) in [6, 6.07) is 13.2. The van der Waals surface area contributed by atoms with Gasteiger partial charge in [-0.2, -0.15) is 0 Å². The van der Waals surface area contributed by atoms with E-state index in [2.05, 4.69) is 16.0 Å². The first kappa shape index (κ1) is 20.1. The van der Waals surface area contributed by atoms with Crippen LogP contribution in [0.3, 0.4) is 0 Å². The van der Waals surface area contributed by atoms with Crippen molar-refractivity contribution in [2.24, 2.45) is 5.92 Å². The van der Waals surface area contributed by atoms with Gasteiger partial charge in [-0.25, -0.2) is 9.18 Å². The number of amides is 2. The number of anilines is 1. The molecule has 1 aliphatic heterocycles. The Balaban J connectivity index is 1.48. The minimum Gasteiger partial charge on any atom is -0.445 e. The van der Waals surface area contributed by atoms with Gasteiger partial charge in [0.15, 0.2) is 0 Å². The van der Waals surface area contributed by atoms with Gasteiger partial charge in [0.1, 0.15) is 12.4 Å². The third-order valence-corrected chi connectivity index (χ3v) is 4.75. The van der Waals surface area contributed by atoms with Gasteiger partial charge >= 0.3 is 6.09 Å². The summed E-state index contributed by atoms with van der Waals surface area (Å²) in [4.78, 5) is 24.5. The number of hydrogen-bond acceptors (Lipinski definition) is 4. The number of ether oxygens (including phenoxy) is 1. The van der Waals surface area contributed by atoms with Gasteiger partial charge < -0.3 is 20.7 Å². The average molecular weight is 406 g/mol. The molecule has 0 aliphatic carbocycles. The van der Waals surface area contributed by atoms with Gasteiger partial charge in [0.2, 0.25) is 5.91 Å². The number of benzene rings is 2. The van der Waals surface area contributed by atoms with Gasteiger partial charge in [0.05, 0.1) is 10.9 Å². The van der Waals surface area contributed by atoms with Crippen LogP contribution in [0.4, 0.5) is 14.9 Å². The van der Waals surface area contributed by atoms with Gasteiger partial charge in [-0.05, 0) is 30.2 Å². The SMILES string of the molecule is O=C(N[C@H]1CNC[C@@H](C(=O)Nc2ccc(Cl)c(F)c2)C1)OCc1ccccc1. The fourth-order valence-corrected chi connectivity index (χ4v) is 3.12. The van der Waals surface area contributed by atoms with E-state index in [1.165, 1.54) is 18.2 Å². The summed E-state index contributed by atoms with van der Waals surface area (Å²) in [7, 11) is 0. The number of carbonyl (C=O) groups excluding carboxylic acids is 2. The standard InChI is InChI=1S/C20H21ClFN3O3/c21-17-7-6-15(9-18(17)22)24-19(26)14-8-16(11-23-10-14)25-20(27)28-12-13-4-2-1-3-5-13/h1-7,9,14,16,23H,8,10-12H2,(H,24,26)(H,25,27)/t14-,16+/m0/s1. The molecule has 148 valence electrons. The van der Waals surface area contributed by atoms with Crippen molar-refractivity contribution in [3.05, 3.63) is 64.9 Å². The molecule has 2 atom stereocenters. The molecular weight excluding hydrogens is 385 g/mol. The molecule has 2 aromatic rings. The number of halogens is 2. The highest BCUT2D eigenvalue weighted by Crippen LogP contribution is 2.20. The molecule has 0 bridgehead atoms. The Morgan fingerprint density at radius 2 is 1.96 bits per heavy atom. The minimum atomic E-state index is -0.595. The van der Waals surface area contributed by atoms with Crippen molar-refractivity contribution in [1.82, 2.24) is 10.6 Å². The molecule has 6 nitrogen and oxygen atoms in total. The maximum Gasteiger partial charge on any atom is 0.407 e. The highest BCUT2D eigenvalue weighted by Gasteiger charge is 2.28. The largest absolute Gasteiger partial charge is 0.445 e. The van der Waals surface area contributed by atoms with E-state index in [1.807, 2.05) is 30.3 Å². The molecule has 3 rings (SSSR count). The predicted octanol–water partition coefficient (Wildman–Crippen LogP) is 3.32. The Labute approximate surface area is 167 Å². The molecule has 1 fully saturated rings. The Morgan fingerprint density at radius 1 is 1.18 bits per heavy atom. The fraction of sp³-hybridized carbons (Fsp3) is 0.300. The van der Waals surface area contributed by atoms with E-state index in [9.17, 15) is 14.0 Å². The van der Waals surface area contributed by atoms with Gasteiger partial charge in [-0.3, -0.25) is 4.79 Å². The van der Waals surface area contributed by atoms with Gasteiger partial charge in [0.25, 0.3) is 0 Å². The molecule has 8 heteroatoms. The van der Waals surface area contributed by atoms with Crippen molar-refractivity contribution >= 4 is 29.3 Å². The van der Waals surface area contributed by atoms with Crippen molar-refractivity contribution in [3.63, 3.8) is 0 Å². The lowest BCUT2D eigenvalue weighted by atomic mass is 9.95. The number of nitrogens with one attached hydrogen (secondary N) is 3. The minimum absolute atomic E-state index is 0.00406. The summed E-state index contributed by atoms with van der Waals surface area (Å²) in [5.74, 6) is -1.22. The summed E-state index contributed by atoms with van der Waals surface area (Å²) < 4.78 is 18.7. The van der Waals surface area contributed by atoms with Crippen LogP contribution in [0.5, 0.6) is 0 Å². The van der Waals surface area contributed by atoms with E-state index >= 15 is 0 Å². The van der Waals surface area contributed by atoms with E-state index in [4.69, 9.17) is 16.3 Å². The van der Waals surface area contributed by atoms with Gasteiger partial charge in [0, 0.05) is 24.8 Å². The number of rotatable bonds is 5. The van der Waals surface area contributed by atoms with E-state index in [1.54, 1.807) is 0 Å². The molecule has 1 heterocycles. The van der Waals surface area contributed by atoms with Crippen molar-refractivity contribution < 1.29 is 18.7 Å². The quantitative estimate of drug-likeness (QED) is 0.713. The Kier molecular flexibility index (Phi) is 6.84. The van der Waals surface area contributed by atoms with Crippen LogP contribution in [0, 0.1) is 11.7 Å². The third-order valence-electron chi connectivity index (χ3n) is 4.44. The molecule has 2 aromatic carbocycles. The Bertz CT molecular complexity index is 835. The monoisotopic (exact) mass is 405 g/mol. The van der Waals surface area contributed by atoms with Crippen molar-refractivity contribution in [3.8, 4) is 0 Å². The number of alkyl carbamates (subject to hydrolysis) is 1. The summed E-state index contributed by atoms with van der Waals surface area (Å²) in [6.45, 7) is 1.19. The molecule has 0 saturated carbocycles. The Morgan fingerprint density at radius 3 is 2.71 bits per heavy atom. The van der Waals surface area contributed by atoms with Crippen LogP contribution in [0.15, 0.2) is 48.5 Å². The molecule has 0 radical (unpaired) electrons. The lowest BCUT2D eigenvalue weighted by Crippen LogP contribution is -2.51. The first-order valence-corrected chi connectivity index (χ1v) is 9.33. The second-order valence-electron chi connectivity index (χ2n) is 6.61. The summed E-state index contributed by atoms with van der Waals surface area (Å²) >= 11 is 5.65. The topological polar surface area (TPSA) is 79.5 Å². The van der Waals surface area contributed by atoms with Gasteiger partial charge in [-0.1, -0.05) is 41.9 Å². The zero-order valence-corrected chi connectivity index (χ0v) is 15.8. The van der Waals surface area contributed by atoms with E-state index in [-0.39, 0.29) is 29.5 Å². The Hall–Kier alpha value is -2.64. The molecule has 0 unspecified atom stereocenters. The summed E-state index contributed by atoms with van der Waals surface area (Å²) in [6.07, 6.45) is -0.0773. The van der Waals surface area contributed by atoms with E-state index in [0.717, 1.165) is 5.56 Å². The molecule has 28 heavy (non-hydrogen) atoms. The number of carbonyl (C=O) groups is 2. The van der Waals surface area contributed by atoms with Crippen molar-refractivity contribution in [1.29, 1.82) is 0 Å². The lowest BCUT2D eigenvalue weighted by Gasteiger charge is -2.29. The first-order chi connectivity index (χ1) is 13.5.